The van der Waals surface area contributed by atoms with E-state index in [4.69, 9.17) is 4.74 Å². The lowest BCUT2D eigenvalue weighted by Crippen LogP contribution is -2.36. The van der Waals surface area contributed by atoms with Crippen molar-refractivity contribution in [3.05, 3.63) is 33.9 Å². The van der Waals surface area contributed by atoms with Gasteiger partial charge >= 0.3 is 5.97 Å². The highest BCUT2D eigenvalue weighted by molar-refractivity contribution is 5.85. The fraction of sp³-hybridized carbons (Fsp3) is 0.571. The zero-order valence-electron chi connectivity index (χ0n) is 17.6. The zero-order chi connectivity index (χ0) is 22.4. The van der Waals surface area contributed by atoms with Crippen LogP contribution in [0, 0.1) is 10.1 Å². The van der Waals surface area contributed by atoms with Crippen LogP contribution in [0.3, 0.4) is 0 Å². The molecule has 9 nitrogen and oxygen atoms in total. The Kier molecular flexibility index (Phi) is 11.8. The third-order valence-corrected chi connectivity index (χ3v) is 4.58. The lowest BCUT2D eigenvalue weighted by atomic mass is 10.1. The Morgan fingerprint density at radius 3 is 2.53 bits per heavy atom. The summed E-state index contributed by atoms with van der Waals surface area (Å²) >= 11 is 0. The number of amides is 1. The Labute approximate surface area is 176 Å². The molecule has 0 aliphatic rings. The summed E-state index contributed by atoms with van der Waals surface area (Å²) in [6.07, 6.45) is 5.56. The molecule has 1 aromatic carbocycles. The number of ether oxygens (including phenoxy) is 2. The molecular formula is C21H30N2O7. The minimum atomic E-state index is -0.613. The van der Waals surface area contributed by atoms with Crippen molar-refractivity contribution in [1.29, 1.82) is 0 Å². The standard InChI is InChI=1S/C21H30N2O7/c1-3-4-13-22(15-21(26)29-2)20(25)12-7-5-6-8-14-30-19-11-9-10-18(23(27)28)17(19)16-24/h9-11,16H,3-8,12-15H2,1-2H3. The van der Waals surface area contributed by atoms with Crippen LogP contribution in [-0.4, -0.2) is 54.8 Å². The van der Waals surface area contributed by atoms with Gasteiger partial charge in [-0.1, -0.05) is 32.3 Å². The summed E-state index contributed by atoms with van der Waals surface area (Å²) in [6.45, 7) is 2.86. The van der Waals surface area contributed by atoms with Crippen LogP contribution >= 0.6 is 0 Å². The topological polar surface area (TPSA) is 116 Å². The van der Waals surface area contributed by atoms with Crippen molar-refractivity contribution in [2.75, 3.05) is 26.8 Å². The van der Waals surface area contributed by atoms with E-state index in [0.717, 1.165) is 25.7 Å². The molecule has 0 aliphatic heterocycles. The minimum absolute atomic E-state index is 0.0224. The Morgan fingerprint density at radius 2 is 1.90 bits per heavy atom. The van der Waals surface area contributed by atoms with E-state index in [9.17, 15) is 24.5 Å². The number of nitrogens with zero attached hydrogens (tertiary/aromatic N) is 2. The van der Waals surface area contributed by atoms with Gasteiger partial charge in [0, 0.05) is 19.0 Å². The number of hydrogen-bond acceptors (Lipinski definition) is 7. The molecule has 0 radical (unpaired) electrons. The van der Waals surface area contributed by atoms with Crippen molar-refractivity contribution in [2.45, 2.75) is 51.9 Å². The smallest absolute Gasteiger partial charge is 0.325 e. The lowest BCUT2D eigenvalue weighted by Gasteiger charge is -2.21. The molecule has 1 amide bonds. The number of rotatable bonds is 15. The molecule has 30 heavy (non-hydrogen) atoms. The first-order valence-electron chi connectivity index (χ1n) is 10.1. The monoisotopic (exact) mass is 422 g/mol. The molecule has 0 aromatic heterocycles. The molecule has 0 saturated heterocycles. The van der Waals surface area contributed by atoms with Crippen LogP contribution in [0.25, 0.3) is 0 Å². The van der Waals surface area contributed by atoms with Crippen molar-refractivity contribution < 1.29 is 28.8 Å². The van der Waals surface area contributed by atoms with Crippen LogP contribution in [0.1, 0.15) is 62.2 Å². The molecule has 166 valence electrons. The number of nitro groups is 1. The van der Waals surface area contributed by atoms with E-state index < -0.39 is 10.9 Å². The van der Waals surface area contributed by atoms with E-state index in [-0.39, 0.29) is 29.5 Å². The van der Waals surface area contributed by atoms with Gasteiger partial charge < -0.3 is 14.4 Å². The Hall–Kier alpha value is -2.97. The third kappa shape index (κ3) is 8.59. The quantitative estimate of drug-likeness (QED) is 0.139. The molecule has 0 saturated carbocycles. The summed E-state index contributed by atoms with van der Waals surface area (Å²) in [7, 11) is 1.30. The summed E-state index contributed by atoms with van der Waals surface area (Å²) in [4.78, 5) is 46.8. The van der Waals surface area contributed by atoms with E-state index >= 15 is 0 Å². The van der Waals surface area contributed by atoms with Crippen molar-refractivity contribution in [3.63, 3.8) is 0 Å². The lowest BCUT2D eigenvalue weighted by molar-refractivity contribution is -0.385. The predicted molar refractivity (Wildman–Crippen MR) is 111 cm³/mol. The highest BCUT2D eigenvalue weighted by Gasteiger charge is 2.18. The second kappa shape index (κ2) is 14.1. The van der Waals surface area contributed by atoms with Gasteiger partial charge in [0.1, 0.15) is 17.9 Å². The number of unbranched alkanes of at least 4 members (excludes halogenated alkanes) is 4. The minimum Gasteiger partial charge on any atom is -0.493 e. The highest BCUT2D eigenvalue weighted by atomic mass is 16.6. The highest BCUT2D eigenvalue weighted by Crippen LogP contribution is 2.26. The number of hydrogen-bond donors (Lipinski definition) is 0. The number of carbonyl (C=O) groups excluding carboxylic acids is 3. The van der Waals surface area contributed by atoms with Crippen LogP contribution in [0.4, 0.5) is 5.69 Å². The van der Waals surface area contributed by atoms with E-state index in [2.05, 4.69) is 4.74 Å². The van der Waals surface area contributed by atoms with Gasteiger partial charge in [0.25, 0.3) is 5.69 Å². The molecule has 0 atom stereocenters. The molecule has 0 aliphatic carbocycles. The van der Waals surface area contributed by atoms with Crippen molar-refractivity contribution in [2.24, 2.45) is 0 Å². The fourth-order valence-corrected chi connectivity index (χ4v) is 2.87. The van der Waals surface area contributed by atoms with Crippen LogP contribution < -0.4 is 4.74 Å². The van der Waals surface area contributed by atoms with Crippen molar-refractivity contribution >= 4 is 23.9 Å². The molecule has 1 aromatic rings. The molecular weight excluding hydrogens is 392 g/mol. The van der Waals surface area contributed by atoms with Crippen LogP contribution in [0.15, 0.2) is 18.2 Å². The number of esters is 1. The third-order valence-electron chi connectivity index (χ3n) is 4.58. The van der Waals surface area contributed by atoms with E-state index in [0.29, 0.717) is 38.7 Å². The summed E-state index contributed by atoms with van der Waals surface area (Å²) < 4.78 is 10.2. The maximum absolute atomic E-state index is 12.3. The SMILES string of the molecule is CCCCN(CC(=O)OC)C(=O)CCCCCCOc1cccc([N+](=O)[O-])c1C=O. The van der Waals surface area contributed by atoms with Gasteiger partial charge in [-0.25, -0.2) is 0 Å². The van der Waals surface area contributed by atoms with Gasteiger partial charge in [-0.15, -0.1) is 0 Å². The average molecular weight is 422 g/mol. The molecule has 0 unspecified atom stereocenters. The molecule has 0 fully saturated rings. The van der Waals surface area contributed by atoms with Gasteiger partial charge in [0.05, 0.1) is 18.6 Å². The second-order valence-corrected chi connectivity index (χ2v) is 6.82. The molecule has 0 heterocycles. The van der Waals surface area contributed by atoms with E-state index in [1.165, 1.54) is 25.3 Å². The largest absolute Gasteiger partial charge is 0.493 e. The van der Waals surface area contributed by atoms with Gasteiger partial charge in [-0.05, 0) is 25.3 Å². The number of benzene rings is 1. The molecule has 9 heteroatoms. The molecule has 1 rings (SSSR count). The first-order chi connectivity index (χ1) is 14.4. The second-order valence-electron chi connectivity index (χ2n) is 6.82. The Balaban J connectivity index is 2.35. The summed E-state index contributed by atoms with van der Waals surface area (Å²) in [5.41, 5.74) is -0.341. The van der Waals surface area contributed by atoms with Crippen molar-refractivity contribution in [3.8, 4) is 5.75 Å². The normalized spacial score (nSPS) is 10.3. The van der Waals surface area contributed by atoms with Crippen LogP contribution in [0.5, 0.6) is 5.75 Å². The number of nitro benzene ring substituents is 1. The maximum Gasteiger partial charge on any atom is 0.325 e. The van der Waals surface area contributed by atoms with Crippen LogP contribution in [0.2, 0.25) is 0 Å². The molecule has 0 N–H and O–H groups in total. The van der Waals surface area contributed by atoms with Crippen LogP contribution in [-0.2, 0) is 14.3 Å². The van der Waals surface area contributed by atoms with E-state index in [1.54, 1.807) is 4.90 Å². The summed E-state index contributed by atoms with van der Waals surface area (Å²) in [6, 6.07) is 4.27. The first kappa shape index (κ1) is 25.1. The number of aldehydes is 1. The molecule has 0 bridgehead atoms. The fourth-order valence-electron chi connectivity index (χ4n) is 2.87. The van der Waals surface area contributed by atoms with Gasteiger partial charge in [-0.3, -0.25) is 24.5 Å². The zero-order valence-corrected chi connectivity index (χ0v) is 17.6. The van der Waals surface area contributed by atoms with E-state index in [1.807, 2.05) is 6.92 Å². The summed E-state index contributed by atoms with van der Waals surface area (Å²) in [5.74, 6) is -0.284. The Bertz CT molecular complexity index is 721. The summed E-state index contributed by atoms with van der Waals surface area (Å²) in [5, 5.41) is 11.0. The van der Waals surface area contributed by atoms with Gasteiger partial charge in [0.2, 0.25) is 5.91 Å². The Morgan fingerprint density at radius 1 is 1.17 bits per heavy atom. The molecule has 0 spiro atoms. The van der Waals surface area contributed by atoms with Gasteiger partial charge in [0.15, 0.2) is 6.29 Å². The number of methoxy groups -OCH3 is 1. The van der Waals surface area contributed by atoms with Crippen molar-refractivity contribution in [1.82, 2.24) is 4.90 Å². The number of carbonyl (C=O) groups is 3. The van der Waals surface area contributed by atoms with Gasteiger partial charge in [-0.2, -0.15) is 0 Å². The average Bonchev–Trinajstić information content (AvgIpc) is 2.74. The maximum atomic E-state index is 12.3. The first-order valence-corrected chi connectivity index (χ1v) is 10.1. The predicted octanol–water partition coefficient (Wildman–Crippen LogP) is 3.54.